The Kier molecular flexibility index (Phi) is 2.90. The highest BCUT2D eigenvalue weighted by Gasteiger charge is 2.06. The van der Waals surface area contributed by atoms with Gasteiger partial charge < -0.3 is 9.84 Å². The molecule has 0 amide bonds. The first-order valence-electron chi connectivity index (χ1n) is 3.98. The molecular weight excluding hydrogens is 169 g/mol. The Balaban J connectivity index is 2.98. The predicted octanol–water partition coefficient (Wildman–Crippen LogP) is -0.563. The molecule has 0 atom stereocenters. The Bertz CT molecular complexity index is 327. The van der Waals surface area contributed by atoms with Gasteiger partial charge in [-0.25, -0.2) is 9.78 Å². The number of carboxylic acid groups (broad SMARTS) is 1. The van der Waals surface area contributed by atoms with Crippen molar-refractivity contribution in [1.82, 2.24) is 4.98 Å². The van der Waals surface area contributed by atoms with Crippen LogP contribution in [0.5, 0.6) is 5.88 Å². The van der Waals surface area contributed by atoms with Gasteiger partial charge in [-0.05, 0) is 18.5 Å². The van der Waals surface area contributed by atoms with Crippen LogP contribution in [0.3, 0.4) is 0 Å². The summed E-state index contributed by atoms with van der Waals surface area (Å²) in [5.41, 5.74) is 0.919. The highest BCUT2D eigenvalue weighted by Crippen LogP contribution is 2.03. The van der Waals surface area contributed by atoms with Crippen LogP contribution < -0.4 is 10.2 Å². The number of aromatic carboxylic acids is 1. The molecule has 0 aliphatic carbocycles. The van der Waals surface area contributed by atoms with Crippen LogP contribution in [0.25, 0.3) is 0 Å². The summed E-state index contributed by atoms with van der Waals surface area (Å²) in [6.45, 7) is 2.38. The molecule has 4 nitrogen and oxygen atoms in total. The third kappa shape index (κ3) is 2.21. The fourth-order valence-corrected chi connectivity index (χ4v) is 0.967. The molecule has 0 aliphatic rings. The summed E-state index contributed by atoms with van der Waals surface area (Å²) in [6, 6.07) is 1.54. The van der Waals surface area contributed by atoms with E-state index in [4.69, 9.17) is 9.84 Å². The van der Waals surface area contributed by atoms with Gasteiger partial charge >= 0.3 is 5.97 Å². The average molecular weight is 179 g/mol. The maximum absolute atomic E-state index is 10.5. The number of ether oxygens (including phenoxy) is 1. The van der Waals surface area contributed by atoms with Gasteiger partial charge in [0.2, 0.25) is 5.88 Å². The van der Waals surface area contributed by atoms with Crippen molar-refractivity contribution < 1.29 is 14.6 Å². The summed E-state index contributed by atoms with van der Waals surface area (Å²) < 4.78 is 5.17. The van der Waals surface area contributed by atoms with Gasteiger partial charge in [0, 0.05) is 6.20 Å². The molecule has 0 saturated carbocycles. The Morgan fingerprint density at radius 2 is 2.46 bits per heavy atom. The molecule has 68 valence electrons. The molecule has 0 radical (unpaired) electrons. The molecule has 1 rings (SSSR count). The minimum Gasteiger partial charge on any atom is -0.478 e. The van der Waals surface area contributed by atoms with Crippen molar-refractivity contribution >= 4 is 19.3 Å². The van der Waals surface area contributed by atoms with Gasteiger partial charge in [0.05, 0.1) is 12.2 Å². The fourth-order valence-electron chi connectivity index (χ4n) is 0.967. The van der Waals surface area contributed by atoms with E-state index < -0.39 is 5.97 Å². The monoisotopic (exact) mass is 179 g/mol. The van der Waals surface area contributed by atoms with Crippen LogP contribution in [0, 0.1) is 0 Å². The number of nitrogens with zero attached hydrogens (tertiary/aromatic N) is 1. The van der Waals surface area contributed by atoms with Crippen molar-refractivity contribution in [2.24, 2.45) is 0 Å². The molecule has 1 aromatic rings. The van der Waals surface area contributed by atoms with Gasteiger partial charge in [-0.15, -0.1) is 0 Å². The van der Waals surface area contributed by atoms with Crippen molar-refractivity contribution in [2.75, 3.05) is 6.61 Å². The maximum atomic E-state index is 10.5. The third-order valence-corrected chi connectivity index (χ3v) is 1.56. The van der Waals surface area contributed by atoms with Gasteiger partial charge in [-0.3, -0.25) is 0 Å². The number of rotatable bonds is 3. The van der Waals surface area contributed by atoms with Crippen LogP contribution in [-0.4, -0.2) is 30.5 Å². The van der Waals surface area contributed by atoms with E-state index in [-0.39, 0.29) is 5.56 Å². The van der Waals surface area contributed by atoms with E-state index in [1.54, 1.807) is 13.9 Å². The van der Waals surface area contributed by atoms with E-state index in [0.29, 0.717) is 12.5 Å². The molecular formula is C8H10BNO3. The first-order chi connectivity index (χ1) is 6.15. The number of pyridine rings is 1. The zero-order valence-corrected chi connectivity index (χ0v) is 7.57. The predicted molar refractivity (Wildman–Crippen MR) is 50.5 cm³/mol. The van der Waals surface area contributed by atoms with Crippen molar-refractivity contribution in [3.63, 3.8) is 0 Å². The van der Waals surface area contributed by atoms with Crippen LogP contribution in [0.15, 0.2) is 12.3 Å². The summed E-state index contributed by atoms with van der Waals surface area (Å²) in [5.74, 6) is -0.480. The second-order valence-electron chi connectivity index (χ2n) is 2.58. The molecule has 0 saturated heterocycles. The lowest BCUT2D eigenvalue weighted by Gasteiger charge is -2.05. The van der Waals surface area contributed by atoms with Crippen LogP contribution >= 0.6 is 0 Å². The van der Waals surface area contributed by atoms with Gasteiger partial charge in [0.25, 0.3) is 0 Å². The molecule has 1 N–H and O–H groups in total. The molecule has 0 aromatic carbocycles. The number of carboxylic acids is 1. The van der Waals surface area contributed by atoms with E-state index in [1.807, 2.05) is 6.92 Å². The number of aromatic nitrogens is 1. The fraction of sp³-hybridized carbons (Fsp3) is 0.250. The minimum atomic E-state index is -0.973. The standard InChI is InChI=1S/C8H10BNO3/c1-2-13-7-6(9)3-5(4-10-7)8(11)12/h3-4H,2,9H2,1H3,(H,11,12). The molecule has 0 fully saturated rings. The van der Waals surface area contributed by atoms with Crippen LogP contribution in [0.2, 0.25) is 0 Å². The number of hydrogen-bond acceptors (Lipinski definition) is 3. The Morgan fingerprint density at radius 1 is 1.77 bits per heavy atom. The van der Waals surface area contributed by atoms with Crippen molar-refractivity contribution in [3.05, 3.63) is 17.8 Å². The lowest BCUT2D eigenvalue weighted by Crippen LogP contribution is -2.14. The lowest BCUT2D eigenvalue weighted by molar-refractivity contribution is 0.0696. The van der Waals surface area contributed by atoms with E-state index in [2.05, 4.69) is 4.98 Å². The Labute approximate surface area is 77.0 Å². The number of carbonyl (C=O) groups is 1. The van der Waals surface area contributed by atoms with Crippen LogP contribution in [-0.2, 0) is 0 Å². The smallest absolute Gasteiger partial charge is 0.337 e. The van der Waals surface area contributed by atoms with Crippen molar-refractivity contribution in [3.8, 4) is 5.88 Å². The molecule has 0 spiro atoms. The minimum absolute atomic E-state index is 0.181. The molecule has 13 heavy (non-hydrogen) atoms. The highest BCUT2D eigenvalue weighted by molar-refractivity contribution is 6.34. The molecule has 0 unspecified atom stereocenters. The maximum Gasteiger partial charge on any atom is 0.337 e. The molecule has 1 aromatic heterocycles. The summed E-state index contributed by atoms with van der Waals surface area (Å²) in [6.07, 6.45) is 1.29. The normalized spacial score (nSPS) is 9.62. The van der Waals surface area contributed by atoms with Crippen LogP contribution in [0.1, 0.15) is 17.3 Å². The van der Waals surface area contributed by atoms with Gasteiger partial charge in [0.15, 0.2) is 0 Å². The van der Waals surface area contributed by atoms with E-state index in [9.17, 15) is 4.79 Å². The lowest BCUT2D eigenvalue weighted by atomic mass is 9.96. The van der Waals surface area contributed by atoms with E-state index >= 15 is 0 Å². The van der Waals surface area contributed by atoms with E-state index in [0.717, 1.165) is 5.46 Å². The first kappa shape index (κ1) is 9.57. The summed E-state index contributed by atoms with van der Waals surface area (Å²) in [4.78, 5) is 14.4. The quantitative estimate of drug-likeness (QED) is 0.631. The Hall–Kier alpha value is -1.52. The summed E-state index contributed by atoms with van der Waals surface area (Å²) in [5, 5.41) is 8.65. The molecule has 0 bridgehead atoms. The zero-order valence-electron chi connectivity index (χ0n) is 7.57. The second-order valence-corrected chi connectivity index (χ2v) is 2.58. The largest absolute Gasteiger partial charge is 0.478 e. The average Bonchev–Trinajstić information content (AvgIpc) is 2.08. The van der Waals surface area contributed by atoms with Gasteiger partial charge in [-0.2, -0.15) is 0 Å². The second kappa shape index (κ2) is 3.93. The molecule has 5 heteroatoms. The zero-order chi connectivity index (χ0) is 9.84. The van der Waals surface area contributed by atoms with Gasteiger partial charge in [0.1, 0.15) is 7.85 Å². The highest BCUT2D eigenvalue weighted by atomic mass is 16.5. The molecule has 1 heterocycles. The third-order valence-electron chi connectivity index (χ3n) is 1.56. The van der Waals surface area contributed by atoms with E-state index in [1.165, 1.54) is 6.20 Å². The summed E-state index contributed by atoms with van der Waals surface area (Å²) >= 11 is 0. The summed E-state index contributed by atoms with van der Waals surface area (Å²) in [7, 11) is 1.77. The Morgan fingerprint density at radius 3 is 2.92 bits per heavy atom. The van der Waals surface area contributed by atoms with Crippen molar-refractivity contribution in [1.29, 1.82) is 0 Å². The topological polar surface area (TPSA) is 59.4 Å². The van der Waals surface area contributed by atoms with Gasteiger partial charge in [-0.1, -0.05) is 0 Å². The SMILES string of the molecule is Bc1cc(C(=O)O)cnc1OCC. The molecule has 0 aliphatic heterocycles. The van der Waals surface area contributed by atoms with Crippen LogP contribution in [0.4, 0.5) is 0 Å². The number of hydrogen-bond donors (Lipinski definition) is 1. The van der Waals surface area contributed by atoms with Crippen molar-refractivity contribution in [2.45, 2.75) is 6.92 Å². The first-order valence-corrected chi connectivity index (χ1v) is 3.98.